The molecule has 1 amide bonds. The quantitative estimate of drug-likeness (QED) is 0.378. The van der Waals surface area contributed by atoms with Crippen molar-refractivity contribution in [3.8, 4) is 5.75 Å². The molecule has 11 heteroatoms. The Morgan fingerprint density at radius 2 is 1.43 bits per heavy atom. The first-order valence-electron chi connectivity index (χ1n) is 11.9. The van der Waals surface area contributed by atoms with E-state index in [1.54, 1.807) is 30.3 Å². The van der Waals surface area contributed by atoms with Crippen LogP contribution < -0.4 is 14.8 Å². The Labute approximate surface area is 217 Å². The number of piperidine rings is 1. The van der Waals surface area contributed by atoms with Crippen LogP contribution in [-0.4, -0.2) is 53.3 Å². The van der Waals surface area contributed by atoms with Crippen LogP contribution in [0.1, 0.15) is 29.6 Å². The van der Waals surface area contributed by atoms with Crippen LogP contribution in [0.15, 0.2) is 88.7 Å². The van der Waals surface area contributed by atoms with E-state index in [1.165, 1.54) is 52.8 Å². The van der Waals surface area contributed by atoms with E-state index in [0.29, 0.717) is 30.1 Å². The molecule has 0 spiro atoms. The Balaban J connectivity index is 1.24. The lowest BCUT2D eigenvalue weighted by Crippen LogP contribution is -2.35. The van der Waals surface area contributed by atoms with Gasteiger partial charge in [0.05, 0.1) is 16.3 Å². The number of amides is 1. The van der Waals surface area contributed by atoms with Gasteiger partial charge in [-0.3, -0.25) is 9.52 Å². The number of sulfonamides is 2. The molecule has 0 radical (unpaired) electrons. The summed E-state index contributed by atoms with van der Waals surface area (Å²) in [5.74, 6) is 0.172. The molecule has 0 saturated carbocycles. The fourth-order valence-electron chi connectivity index (χ4n) is 3.90. The molecule has 3 aromatic rings. The van der Waals surface area contributed by atoms with Gasteiger partial charge in [0.1, 0.15) is 12.4 Å². The molecule has 37 heavy (non-hydrogen) atoms. The number of nitrogens with zero attached hydrogens (tertiary/aromatic N) is 1. The fourth-order valence-corrected chi connectivity index (χ4v) is 6.50. The van der Waals surface area contributed by atoms with Crippen LogP contribution in [0.25, 0.3) is 0 Å². The van der Waals surface area contributed by atoms with Crippen LogP contribution in [0.3, 0.4) is 0 Å². The Morgan fingerprint density at radius 3 is 2.08 bits per heavy atom. The van der Waals surface area contributed by atoms with Crippen LogP contribution in [0.4, 0.5) is 5.69 Å². The molecular weight excluding hydrogens is 514 g/mol. The second-order valence-electron chi connectivity index (χ2n) is 8.54. The number of anilines is 1. The molecular formula is C26H29N3O6S2. The molecule has 196 valence electrons. The Kier molecular flexibility index (Phi) is 8.47. The highest BCUT2D eigenvalue weighted by atomic mass is 32.2. The maximum Gasteiger partial charge on any atom is 0.261 e. The van der Waals surface area contributed by atoms with Gasteiger partial charge in [-0.2, -0.15) is 4.31 Å². The zero-order valence-corrected chi connectivity index (χ0v) is 21.8. The van der Waals surface area contributed by atoms with Crippen molar-refractivity contribution in [2.24, 2.45) is 0 Å². The Morgan fingerprint density at radius 1 is 0.784 bits per heavy atom. The number of hydrogen-bond donors (Lipinski definition) is 2. The third-order valence-electron chi connectivity index (χ3n) is 5.89. The molecule has 9 nitrogen and oxygen atoms in total. The molecule has 1 aliphatic heterocycles. The highest BCUT2D eigenvalue weighted by Gasteiger charge is 2.25. The number of nitrogens with one attached hydrogen (secondary N) is 2. The molecule has 1 aliphatic rings. The molecule has 3 aromatic carbocycles. The van der Waals surface area contributed by atoms with Crippen LogP contribution in [-0.2, 0) is 20.0 Å². The lowest BCUT2D eigenvalue weighted by Gasteiger charge is -2.25. The second kappa shape index (κ2) is 11.8. The van der Waals surface area contributed by atoms with Crippen molar-refractivity contribution >= 4 is 31.6 Å². The van der Waals surface area contributed by atoms with Gasteiger partial charge in [-0.25, -0.2) is 16.8 Å². The normalized spacial score (nSPS) is 14.6. The van der Waals surface area contributed by atoms with Crippen molar-refractivity contribution in [3.63, 3.8) is 0 Å². The van der Waals surface area contributed by atoms with Crippen LogP contribution in [0.2, 0.25) is 0 Å². The van der Waals surface area contributed by atoms with Crippen molar-refractivity contribution in [2.75, 3.05) is 31.0 Å². The summed E-state index contributed by atoms with van der Waals surface area (Å²) in [6.45, 7) is 1.52. The van der Waals surface area contributed by atoms with Gasteiger partial charge in [-0.05, 0) is 73.5 Å². The van der Waals surface area contributed by atoms with E-state index in [0.717, 1.165) is 19.3 Å². The number of ether oxygens (including phenoxy) is 1. The van der Waals surface area contributed by atoms with Gasteiger partial charge in [0.2, 0.25) is 10.0 Å². The topological polar surface area (TPSA) is 122 Å². The zero-order valence-electron chi connectivity index (χ0n) is 20.2. The molecule has 4 rings (SSSR count). The molecule has 0 aromatic heterocycles. The second-order valence-corrected chi connectivity index (χ2v) is 12.2. The van der Waals surface area contributed by atoms with Gasteiger partial charge in [0.15, 0.2) is 0 Å². The van der Waals surface area contributed by atoms with E-state index in [4.69, 9.17) is 4.74 Å². The first-order valence-corrected chi connectivity index (χ1v) is 14.9. The maximum absolute atomic E-state index is 12.7. The third kappa shape index (κ3) is 6.88. The SMILES string of the molecule is O=C(NCCOc1ccc(S(=O)(=O)N2CCCCC2)cc1)c1ccc(NS(=O)(=O)c2ccccc2)cc1. The molecule has 0 atom stereocenters. The van der Waals surface area contributed by atoms with Gasteiger partial charge in [0, 0.05) is 24.3 Å². The van der Waals surface area contributed by atoms with Crippen molar-refractivity contribution in [1.29, 1.82) is 0 Å². The van der Waals surface area contributed by atoms with E-state index in [-0.39, 0.29) is 28.8 Å². The van der Waals surface area contributed by atoms with Crippen LogP contribution >= 0.6 is 0 Å². The molecule has 0 unspecified atom stereocenters. The fraction of sp³-hybridized carbons (Fsp3) is 0.269. The number of hydrogen-bond acceptors (Lipinski definition) is 6. The van der Waals surface area contributed by atoms with Crippen molar-refractivity contribution in [1.82, 2.24) is 9.62 Å². The van der Waals surface area contributed by atoms with Crippen molar-refractivity contribution in [2.45, 2.75) is 29.1 Å². The van der Waals surface area contributed by atoms with E-state index < -0.39 is 20.0 Å². The van der Waals surface area contributed by atoms with E-state index in [2.05, 4.69) is 10.0 Å². The van der Waals surface area contributed by atoms with Gasteiger partial charge in [-0.15, -0.1) is 0 Å². The van der Waals surface area contributed by atoms with E-state index in [9.17, 15) is 21.6 Å². The highest BCUT2D eigenvalue weighted by Crippen LogP contribution is 2.22. The van der Waals surface area contributed by atoms with Crippen molar-refractivity contribution < 1.29 is 26.4 Å². The average Bonchev–Trinajstić information content (AvgIpc) is 2.92. The molecule has 0 aliphatic carbocycles. The minimum atomic E-state index is -3.71. The number of rotatable bonds is 10. The molecule has 1 fully saturated rings. The number of carbonyl (C=O) groups excluding carboxylic acids is 1. The van der Waals surface area contributed by atoms with E-state index >= 15 is 0 Å². The van der Waals surface area contributed by atoms with Gasteiger partial charge in [0.25, 0.3) is 15.9 Å². The Hall–Kier alpha value is -3.41. The molecule has 1 heterocycles. The molecule has 1 saturated heterocycles. The van der Waals surface area contributed by atoms with Gasteiger partial charge >= 0.3 is 0 Å². The smallest absolute Gasteiger partial charge is 0.261 e. The summed E-state index contributed by atoms with van der Waals surface area (Å²) in [5.41, 5.74) is 0.712. The summed E-state index contributed by atoms with van der Waals surface area (Å²) >= 11 is 0. The lowest BCUT2D eigenvalue weighted by molar-refractivity contribution is 0.0947. The van der Waals surface area contributed by atoms with E-state index in [1.807, 2.05) is 0 Å². The first kappa shape index (κ1) is 26.6. The average molecular weight is 544 g/mol. The summed E-state index contributed by atoms with van der Waals surface area (Å²) in [6, 6.07) is 20.4. The standard InChI is InChI=1S/C26H29N3O6S2/c30-26(21-9-11-22(12-10-21)28-36(31,32)24-7-3-1-4-8-24)27-17-20-35-23-13-15-25(16-14-23)37(33,34)29-18-5-2-6-19-29/h1,3-4,7-16,28H,2,5-6,17-20H2,(H,27,30). The van der Waals surface area contributed by atoms with Crippen LogP contribution in [0.5, 0.6) is 5.75 Å². The summed E-state index contributed by atoms with van der Waals surface area (Å²) in [7, 11) is -7.20. The number of carbonyl (C=O) groups is 1. The summed E-state index contributed by atoms with van der Waals surface area (Å²) in [5, 5.41) is 2.74. The summed E-state index contributed by atoms with van der Waals surface area (Å²) in [4.78, 5) is 12.8. The van der Waals surface area contributed by atoms with Gasteiger partial charge in [-0.1, -0.05) is 24.6 Å². The largest absolute Gasteiger partial charge is 0.492 e. The monoisotopic (exact) mass is 543 g/mol. The Bertz CT molecular complexity index is 1400. The van der Waals surface area contributed by atoms with Gasteiger partial charge < -0.3 is 10.1 Å². The predicted molar refractivity (Wildman–Crippen MR) is 141 cm³/mol. The molecule has 0 bridgehead atoms. The number of benzene rings is 3. The maximum atomic E-state index is 12.7. The molecule has 2 N–H and O–H groups in total. The zero-order chi connectivity index (χ0) is 26.3. The third-order valence-corrected chi connectivity index (χ3v) is 9.20. The lowest BCUT2D eigenvalue weighted by atomic mass is 10.2. The summed E-state index contributed by atoms with van der Waals surface area (Å²) < 4.78 is 59.9. The predicted octanol–water partition coefficient (Wildman–Crippen LogP) is 3.47. The van der Waals surface area contributed by atoms with Crippen LogP contribution in [0, 0.1) is 0 Å². The van der Waals surface area contributed by atoms with Crippen molar-refractivity contribution in [3.05, 3.63) is 84.4 Å². The highest BCUT2D eigenvalue weighted by molar-refractivity contribution is 7.92. The summed E-state index contributed by atoms with van der Waals surface area (Å²) in [6.07, 6.45) is 2.81. The minimum Gasteiger partial charge on any atom is -0.492 e. The first-order chi connectivity index (χ1) is 17.8. The minimum absolute atomic E-state index is 0.148.